The number of oxime groups is 1. The predicted molar refractivity (Wildman–Crippen MR) is 74.8 cm³/mol. The van der Waals surface area contributed by atoms with E-state index in [1.54, 1.807) is 6.07 Å². The van der Waals surface area contributed by atoms with Crippen LogP contribution in [-0.2, 0) is 5.75 Å². The molecule has 2 aromatic carbocycles. The second-order valence-corrected chi connectivity index (χ2v) is 5.18. The standard InChI is InChI=1S/C14H11F3N2OS/c15-11-5-4-9(6-12(11)16)21-7-8-2-1-3-10(13(8)17)14(18)19-20/h1-6,20H,7H2,(H2,18,19). The van der Waals surface area contributed by atoms with Gasteiger partial charge >= 0.3 is 0 Å². The van der Waals surface area contributed by atoms with Gasteiger partial charge in [-0.1, -0.05) is 17.3 Å². The van der Waals surface area contributed by atoms with Crippen LogP contribution < -0.4 is 5.73 Å². The molecule has 21 heavy (non-hydrogen) atoms. The second kappa shape index (κ2) is 6.53. The van der Waals surface area contributed by atoms with Gasteiger partial charge in [-0.3, -0.25) is 0 Å². The molecule has 0 amide bonds. The Labute approximate surface area is 123 Å². The van der Waals surface area contributed by atoms with Gasteiger partial charge in [-0.15, -0.1) is 11.8 Å². The topological polar surface area (TPSA) is 58.6 Å². The number of nitrogens with zero attached hydrogens (tertiary/aromatic N) is 1. The minimum atomic E-state index is -0.953. The summed E-state index contributed by atoms with van der Waals surface area (Å²) in [5.41, 5.74) is 5.67. The largest absolute Gasteiger partial charge is 0.409 e. The molecule has 0 unspecified atom stereocenters. The summed E-state index contributed by atoms with van der Waals surface area (Å²) < 4.78 is 40.0. The first-order valence-electron chi connectivity index (χ1n) is 5.86. The highest BCUT2D eigenvalue weighted by molar-refractivity contribution is 7.98. The van der Waals surface area contributed by atoms with Crippen molar-refractivity contribution in [2.75, 3.05) is 0 Å². The van der Waals surface area contributed by atoms with Gasteiger partial charge < -0.3 is 10.9 Å². The van der Waals surface area contributed by atoms with E-state index in [4.69, 9.17) is 10.9 Å². The van der Waals surface area contributed by atoms with Crippen LogP contribution >= 0.6 is 11.8 Å². The molecule has 110 valence electrons. The highest BCUT2D eigenvalue weighted by atomic mass is 32.2. The minimum Gasteiger partial charge on any atom is -0.409 e. The average Bonchev–Trinajstić information content (AvgIpc) is 2.49. The van der Waals surface area contributed by atoms with Gasteiger partial charge in [-0.05, 0) is 29.8 Å². The van der Waals surface area contributed by atoms with Gasteiger partial charge in [0.05, 0.1) is 5.56 Å². The summed E-state index contributed by atoms with van der Waals surface area (Å²) in [5, 5.41) is 11.3. The highest BCUT2D eigenvalue weighted by Crippen LogP contribution is 2.26. The number of hydrogen-bond acceptors (Lipinski definition) is 3. The molecule has 0 bridgehead atoms. The lowest BCUT2D eigenvalue weighted by Gasteiger charge is -2.07. The summed E-state index contributed by atoms with van der Waals surface area (Å²) >= 11 is 1.15. The SMILES string of the molecule is N/C(=N/O)c1cccc(CSc2ccc(F)c(F)c2)c1F. The molecule has 0 spiro atoms. The molecule has 2 rings (SSSR count). The third-order valence-electron chi connectivity index (χ3n) is 2.75. The summed E-state index contributed by atoms with van der Waals surface area (Å²) in [5.74, 6) is -2.62. The third-order valence-corrected chi connectivity index (χ3v) is 3.79. The van der Waals surface area contributed by atoms with Crippen molar-refractivity contribution in [2.24, 2.45) is 10.9 Å². The second-order valence-electron chi connectivity index (χ2n) is 4.13. The molecular formula is C14H11F3N2OS. The number of hydrogen-bond donors (Lipinski definition) is 2. The molecule has 7 heteroatoms. The Hall–Kier alpha value is -2.15. The number of amidine groups is 1. The van der Waals surface area contributed by atoms with Crippen LogP contribution in [0.2, 0.25) is 0 Å². The Morgan fingerprint density at radius 1 is 1.14 bits per heavy atom. The molecule has 0 aliphatic carbocycles. The summed E-state index contributed by atoms with van der Waals surface area (Å²) in [6.07, 6.45) is 0. The zero-order valence-electron chi connectivity index (χ0n) is 10.7. The van der Waals surface area contributed by atoms with Crippen molar-refractivity contribution in [3.8, 4) is 0 Å². The molecule has 0 saturated carbocycles. The fraction of sp³-hybridized carbons (Fsp3) is 0.0714. The van der Waals surface area contributed by atoms with Gasteiger partial charge in [-0.2, -0.15) is 0 Å². The van der Waals surface area contributed by atoms with Crippen LogP contribution in [0.25, 0.3) is 0 Å². The van der Waals surface area contributed by atoms with E-state index in [-0.39, 0.29) is 17.2 Å². The molecule has 3 nitrogen and oxygen atoms in total. The van der Waals surface area contributed by atoms with Gasteiger partial charge in [0.25, 0.3) is 0 Å². The molecular weight excluding hydrogens is 301 g/mol. The normalized spacial score (nSPS) is 11.7. The number of thioether (sulfide) groups is 1. The van der Waals surface area contributed by atoms with Crippen LogP contribution in [0.5, 0.6) is 0 Å². The monoisotopic (exact) mass is 312 g/mol. The Balaban J connectivity index is 2.18. The van der Waals surface area contributed by atoms with E-state index in [2.05, 4.69) is 5.16 Å². The molecule has 0 aliphatic heterocycles. The molecule has 0 atom stereocenters. The molecule has 0 heterocycles. The number of nitrogens with two attached hydrogens (primary N) is 1. The van der Waals surface area contributed by atoms with Gasteiger partial charge in [0.1, 0.15) is 5.82 Å². The van der Waals surface area contributed by atoms with E-state index in [1.165, 1.54) is 18.2 Å². The van der Waals surface area contributed by atoms with Gasteiger partial charge in [0.15, 0.2) is 17.5 Å². The molecule has 2 aromatic rings. The summed E-state index contributed by atoms with van der Waals surface area (Å²) in [6.45, 7) is 0. The molecule has 3 N–H and O–H groups in total. The van der Waals surface area contributed by atoms with Gasteiger partial charge in [-0.25, -0.2) is 13.2 Å². The fourth-order valence-corrected chi connectivity index (χ4v) is 2.57. The van der Waals surface area contributed by atoms with E-state index >= 15 is 0 Å². The quantitative estimate of drug-likeness (QED) is 0.299. The van der Waals surface area contributed by atoms with Crippen LogP contribution in [0.1, 0.15) is 11.1 Å². The highest BCUT2D eigenvalue weighted by Gasteiger charge is 2.12. The van der Waals surface area contributed by atoms with Gasteiger partial charge in [0.2, 0.25) is 0 Å². The number of halogens is 3. The lowest BCUT2D eigenvalue weighted by atomic mass is 10.1. The maximum Gasteiger partial charge on any atom is 0.173 e. The van der Waals surface area contributed by atoms with Crippen molar-refractivity contribution in [2.45, 2.75) is 10.6 Å². The Morgan fingerprint density at radius 2 is 1.90 bits per heavy atom. The maximum atomic E-state index is 14.1. The zero-order valence-corrected chi connectivity index (χ0v) is 11.5. The predicted octanol–water partition coefficient (Wildman–Crippen LogP) is 3.49. The van der Waals surface area contributed by atoms with Crippen LogP contribution in [0.4, 0.5) is 13.2 Å². The first kappa shape index (κ1) is 15.2. The van der Waals surface area contributed by atoms with Gasteiger partial charge in [0, 0.05) is 10.6 Å². The minimum absolute atomic E-state index is 0.0131. The van der Waals surface area contributed by atoms with E-state index in [0.29, 0.717) is 10.5 Å². The van der Waals surface area contributed by atoms with Crippen molar-refractivity contribution >= 4 is 17.6 Å². The van der Waals surface area contributed by atoms with Crippen LogP contribution in [0.3, 0.4) is 0 Å². The van der Waals surface area contributed by atoms with Crippen LogP contribution in [-0.4, -0.2) is 11.0 Å². The molecule has 0 aromatic heterocycles. The van der Waals surface area contributed by atoms with Crippen molar-refractivity contribution in [1.82, 2.24) is 0 Å². The van der Waals surface area contributed by atoms with Crippen molar-refractivity contribution in [3.05, 3.63) is 65.0 Å². The van der Waals surface area contributed by atoms with Crippen LogP contribution in [0, 0.1) is 17.5 Å². The van der Waals surface area contributed by atoms with E-state index in [9.17, 15) is 13.2 Å². The van der Waals surface area contributed by atoms with Crippen molar-refractivity contribution in [1.29, 1.82) is 0 Å². The third kappa shape index (κ3) is 3.49. The summed E-state index contributed by atoms with van der Waals surface area (Å²) in [6, 6.07) is 7.96. The summed E-state index contributed by atoms with van der Waals surface area (Å²) in [7, 11) is 0. The molecule has 0 fully saturated rings. The van der Waals surface area contributed by atoms with Crippen molar-refractivity contribution < 1.29 is 18.4 Å². The first-order valence-corrected chi connectivity index (χ1v) is 6.84. The van der Waals surface area contributed by atoms with E-state index in [0.717, 1.165) is 23.9 Å². The lowest BCUT2D eigenvalue weighted by Crippen LogP contribution is -2.15. The molecule has 0 aliphatic rings. The van der Waals surface area contributed by atoms with Crippen LogP contribution in [0.15, 0.2) is 46.4 Å². The van der Waals surface area contributed by atoms with E-state index < -0.39 is 17.5 Å². The average molecular weight is 312 g/mol. The fourth-order valence-electron chi connectivity index (χ4n) is 1.67. The Bertz CT molecular complexity index is 692. The summed E-state index contributed by atoms with van der Waals surface area (Å²) in [4.78, 5) is 0.475. The Kier molecular flexibility index (Phi) is 4.74. The van der Waals surface area contributed by atoms with E-state index in [1.807, 2.05) is 0 Å². The zero-order chi connectivity index (χ0) is 15.4. The molecule has 0 radical (unpaired) electrons. The lowest BCUT2D eigenvalue weighted by molar-refractivity contribution is 0.318. The van der Waals surface area contributed by atoms with Crippen molar-refractivity contribution in [3.63, 3.8) is 0 Å². The Morgan fingerprint density at radius 3 is 2.57 bits per heavy atom. The smallest absolute Gasteiger partial charge is 0.173 e. The number of benzene rings is 2. The first-order chi connectivity index (χ1) is 10.0. The molecule has 0 saturated heterocycles. The maximum absolute atomic E-state index is 14.1. The number of rotatable bonds is 4.